The average molecular weight is 502 g/mol. The van der Waals surface area contributed by atoms with Gasteiger partial charge in [-0.15, -0.1) is 0 Å². The fourth-order valence-electron chi connectivity index (χ4n) is 4.37. The molecule has 6 heteroatoms. The number of hydrogen-bond acceptors (Lipinski definition) is 3. The molecule has 2 aromatic carbocycles. The molecular weight excluding hydrogens is 479 g/mol. The van der Waals surface area contributed by atoms with Crippen LogP contribution in [-0.4, -0.2) is 34.7 Å². The lowest BCUT2D eigenvalue weighted by Crippen LogP contribution is -2.50. The summed E-state index contributed by atoms with van der Waals surface area (Å²) in [4.78, 5) is 42.5. The summed E-state index contributed by atoms with van der Waals surface area (Å²) in [6.45, 7) is 1.94. The Bertz CT molecular complexity index is 951. The number of imide groups is 1. The lowest BCUT2D eigenvalue weighted by molar-refractivity contribution is -0.123. The van der Waals surface area contributed by atoms with Crippen LogP contribution in [0.5, 0.6) is 0 Å². The van der Waals surface area contributed by atoms with Crippen molar-refractivity contribution >= 4 is 46.0 Å². The number of aryl methyl sites for hydroxylation is 1. The average Bonchev–Trinajstić information content (AvgIpc) is 3.32. The van der Waals surface area contributed by atoms with Gasteiger partial charge in [-0.05, 0) is 78.8 Å². The second-order valence-electron chi connectivity index (χ2n) is 7.78. The predicted molar refractivity (Wildman–Crippen MR) is 120 cm³/mol. The van der Waals surface area contributed by atoms with Crippen molar-refractivity contribution in [2.24, 2.45) is 0 Å². The Morgan fingerprint density at radius 2 is 1.76 bits per heavy atom. The van der Waals surface area contributed by atoms with Crippen LogP contribution in [0, 0.1) is 10.5 Å². The van der Waals surface area contributed by atoms with Crippen LogP contribution in [0.1, 0.15) is 48.0 Å². The molecule has 1 heterocycles. The van der Waals surface area contributed by atoms with Crippen molar-refractivity contribution in [2.75, 3.05) is 4.90 Å². The number of halogens is 1. The van der Waals surface area contributed by atoms with Crippen molar-refractivity contribution in [3.05, 3.63) is 63.2 Å². The van der Waals surface area contributed by atoms with E-state index in [1.54, 1.807) is 23.1 Å². The summed E-state index contributed by atoms with van der Waals surface area (Å²) in [5.74, 6) is -0.707. The van der Waals surface area contributed by atoms with Gasteiger partial charge in [0.1, 0.15) is 6.04 Å². The number of benzene rings is 2. The van der Waals surface area contributed by atoms with Crippen molar-refractivity contribution in [1.29, 1.82) is 0 Å². The van der Waals surface area contributed by atoms with Gasteiger partial charge in [0.15, 0.2) is 0 Å². The normalized spacial score (nSPS) is 19.8. The zero-order chi connectivity index (χ0) is 20.5. The van der Waals surface area contributed by atoms with Crippen LogP contribution in [0.2, 0.25) is 0 Å². The largest absolute Gasteiger partial charge is 0.323 e. The van der Waals surface area contributed by atoms with E-state index in [0.717, 1.165) is 34.8 Å². The second kappa shape index (κ2) is 8.26. The molecule has 0 spiro atoms. The van der Waals surface area contributed by atoms with Crippen molar-refractivity contribution in [3.63, 3.8) is 0 Å². The van der Waals surface area contributed by atoms with Gasteiger partial charge in [0.2, 0.25) is 5.91 Å². The smallest absolute Gasteiger partial charge is 0.257 e. The molecule has 1 atom stereocenters. The molecule has 29 heavy (non-hydrogen) atoms. The number of amides is 3. The van der Waals surface area contributed by atoms with Crippen molar-refractivity contribution in [3.8, 4) is 0 Å². The third kappa shape index (κ3) is 3.95. The fraction of sp³-hybridized carbons (Fsp3) is 0.348. The molecule has 0 radical (unpaired) electrons. The number of nitrogens with zero attached hydrogens (tertiary/aromatic N) is 2. The molecule has 5 nitrogen and oxygen atoms in total. The standard InChI is InChI=1S/C23H23IN2O3/c1-15-5-4-6-16(13-15)22(28)25(18-7-2-3-8-18)20-14-21(27)26(23(20)29)19-11-9-17(24)10-12-19/h4-6,9-13,18,20H,2-3,7-8,14H2,1H3. The SMILES string of the molecule is Cc1cccc(C(=O)N(C2CCCC2)C2CC(=O)N(c3ccc(I)cc3)C2=O)c1. The molecule has 1 aliphatic heterocycles. The Labute approximate surface area is 184 Å². The minimum Gasteiger partial charge on any atom is -0.323 e. The summed E-state index contributed by atoms with van der Waals surface area (Å²) in [5, 5.41) is 0. The second-order valence-corrected chi connectivity index (χ2v) is 9.03. The van der Waals surface area contributed by atoms with E-state index in [1.807, 2.05) is 37.3 Å². The molecule has 0 N–H and O–H groups in total. The molecule has 2 aliphatic rings. The highest BCUT2D eigenvalue weighted by Crippen LogP contribution is 2.33. The van der Waals surface area contributed by atoms with Gasteiger partial charge in [-0.25, -0.2) is 4.90 Å². The predicted octanol–water partition coefficient (Wildman–Crippen LogP) is 4.32. The van der Waals surface area contributed by atoms with E-state index in [4.69, 9.17) is 0 Å². The van der Waals surface area contributed by atoms with Crippen LogP contribution < -0.4 is 4.90 Å². The highest BCUT2D eigenvalue weighted by atomic mass is 127. The van der Waals surface area contributed by atoms with Crippen LogP contribution in [-0.2, 0) is 9.59 Å². The number of hydrogen-bond donors (Lipinski definition) is 0. The first kappa shape index (κ1) is 20.1. The van der Waals surface area contributed by atoms with Crippen molar-refractivity contribution in [2.45, 2.75) is 51.1 Å². The molecular formula is C23H23IN2O3. The molecule has 1 unspecified atom stereocenters. The zero-order valence-corrected chi connectivity index (χ0v) is 18.5. The molecule has 0 bridgehead atoms. The van der Waals surface area contributed by atoms with Gasteiger partial charge in [0.05, 0.1) is 12.1 Å². The van der Waals surface area contributed by atoms with Gasteiger partial charge in [-0.3, -0.25) is 14.4 Å². The van der Waals surface area contributed by atoms with Gasteiger partial charge >= 0.3 is 0 Å². The first-order valence-corrected chi connectivity index (χ1v) is 11.1. The molecule has 0 aromatic heterocycles. The maximum atomic E-state index is 13.5. The Balaban J connectivity index is 1.67. The lowest BCUT2D eigenvalue weighted by Gasteiger charge is -2.33. The highest BCUT2D eigenvalue weighted by molar-refractivity contribution is 14.1. The Hall–Kier alpha value is -2.22. The van der Waals surface area contributed by atoms with E-state index in [1.165, 1.54) is 4.90 Å². The molecule has 1 aliphatic carbocycles. The van der Waals surface area contributed by atoms with Crippen LogP contribution in [0.3, 0.4) is 0 Å². The van der Waals surface area contributed by atoms with E-state index >= 15 is 0 Å². The minimum absolute atomic E-state index is 0.00133. The maximum Gasteiger partial charge on any atom is 0.257 e. The van der Waals surface area contributed by atoms with Crippen LogP contribution >= 0.6 is 22.6 Å². The number of anilines is 1. The van der Waals surface area contributed by atoms with Gasteiger partial charge in [-0.2, -0.15) is 0 Å². The molecule has 1 saturated carbocycles. The summed E-state index contributed by atoms with van der Waals surface area (Å²) in [7, 11) is 0. The van der Waals surface area contributed by atoms with Crippen molar-refractivity contribution in [1.82, 2.24) is 4.90 Å². The lowest BCUT2D eigenvalue weighted by atomic mass is 10.0. The summed E-state index contributed by atoms with van der Waals surface area (Å²) >= 11 is 2.19. The van der Waals surface area contributed by atoms with Crippen molar-refractivity contribution < 1.29 is 14.4 Å². The molecule has 3 amide bonds. The Morgan fingerprint density at radius 3 is 2.41 bits per heavy atom. The third-order valence-corrected chi connectivity index (χ3v) is 6.48. The van der Waals surface area contributed by atoms with E-state index in [-0.39, 0.29) is 30.2 Å². The number of rotatable bonds is 4. The van der Waals surface area contributed by atoms with E-state index in [9.17, 15) is 14.4 Å². The minimum atomic E-state index is -0.738. The van der Waals surface area contributed by atoms with E-state index in [0.29, 0.717) is 11.3 Å². The molecule has 2 fully saturated rings. The first-order valence-electron chi connectivity index (χ1n) is 9.97. The quantitative estimate of drug-likeness (QED) is 0.463. The summed E-state index contributed by atoms with van der Waals surface area (Å²) in [6.07, 6.45) is 3.87. The van der Waals surface area contributed by atoms with Crippen LogP contribution in [0.4, 0.5) is 5.69 Å². The highest BCUT2D eigenvalue weighted by Gasteiger charge is 2.47. The summed E-state index contributed by atoms with van der Waals surface area (Å²) in [6, 6.07) is 14.0. The summed E-state index contributed by atoms with van der Waals surface area (Å²) < 4.78 is 1.03. The number of carbonyl (C=O) groups is 3. The van der Waals surface area contributed by atoms with Gasteiger partial charge in [0, 0.05) is 15.2 Å². The monoisotopic (exact) mass is 502 g/mol. The Morgan fingerprint density at radius 1 is 1.07 bits per heavy atom. The number of carbonyl (C=O) groups excluding carboxylic acids is 3. The molecule has 150 valence electrons. The van der Waals surface area contributed by atoms with Gasteiger partial charge < -0.3 is 4.90 Å². The Kier molecular flexibility index (Phi) is 5.72. The van der Waals surface area contributed by atoms with Gasteiger partial charge in [-0.1, -0.05) is 30.5 Å². The summed E-state index contributed by atoms with van der Waals surface area (Å²) in [5.41, 5.74) is 2.14. The molecule has 2 aromatic rings. The van der Waals surface area contributed by atoms with E-state index in [2.05, 4.69) is 22.6 Å². The molecule has 4 rings (SSSR count). The zero-order valence-electron chi connectivity index (χ0n) is 16.3. The topological polar surface area (TPSA) is 57.7 Å². The van der Waals surface area contributed by atoms with Gasteiger partial charge in [0.25, 0.3) is 11.8 Å². The van der Waals surface area contributed by atoms with Crippen LogP contribution in [0.15, 0.2) is 48.5 Å². The maximum absolute atomic E-state index is 13.5. The first-order chi connectivity index (χ1) is 14.0. The van der Waals surface area contributed by atoms with E-state index < -0.39 is 6.04 Å². The fourth-order valence-corrected chi connectivity index (χ4v) is 4.73. The van der Waals surface area contributed by atoms with Crippen LogP contribution in [0.25, 0.3) is 0 Å². The molecule has 1 saturated heterocycles. The third-order valence-electron chi connectivity index (χ3n) is 5.76.